The van der Waals surface area contributed by atoms with E-state index in [1.807, 2.05) is 24.6 Å². The van der Waals surface area contributed by atoms with E-state index in [4.69, 9.17) is 4.52 Å². The SMILES string of the molecule is Cc1cc(C)n(CCc2nc(-c3ccc([N+](=O)[O-])cc3)no2)n1. The minimum Gasteiger partial charge on any atom is -0.339 e. The molecular weight excluding hydrogens is 298 g/mol. The van der Waals surface area contributed by atoms with Crippen LogP contribution in [-0.2, 0) is 13.0 Å². The van der Waals surface area contributed by atoms with E-state index in [-0.39, 0.29) is 5.69 Å². The number of benzene rings is 1. The summed E-state index contributed by atoms with van der Waals surface area (Å²) in [5.41, 5.74) is 2.76. The molecule has 2 heterocycles. The van der Waals surface area contributed by atoms with E-state index >= 15 is 0 Å². The molecule has 0 saturated heterocycles. The summed E-state index contributed by atoms with van der Waals surface area (Å²) in [7, 11) is 0. The topological polar surface area (TPSA) is 99.9 Å². The van der Waals surface area contributed by atoms with Gasteiger partial charge >= 0.3 is 0 Å². The standard InChI is InChI=1S/C15H15N5O3/c1-10-9-11(2)19(17-10)8-7-14-16-15(18-23-14)12-3-5-13(6-4-12)20(21)22/h3-6,9H,7-8H2,1-2H3. The van der Waals surface area contributed by atoms with Gasteiger partial charge in [0.2, 0.25) is 11.7 Å². The molecule has 0 aliphatic carbocycles. The predicted molar refractivity (Wildman–Crippen MR) is 81.8 cm³/mol. The molecule has 8 nitrogen and oxygen atoms in total. The van der Waals surface area contributed by atoms with Crippen LogP contribution in [0.4, 0.5) is 5.69 Å². The van der Waals surface area contributed by atoms with Crippen molar-refractivity contribution in [2.45, 2.75) is 26.8 Å². The highest BCUT2D eigenvalue weighted by Crippen LogP contribution is 2.20. The predicted octanol–water partition coefficient (Wildman–Crippen LogP) is 2.70. The Kier molecular flexibility index (Phi) is 3.88. The number of aryl methyl sites for hydroxylation is 4. The first-order valence-corrected chi connectivity index (χ1v) is 7.11. The fourth-order valence-corrected chi connectivity index (χ4v) is 2.31. The number of nitrogens with zero attached hydrogens (tertiary/aromatic N) is 5. The summed E-state index contributed by atoms with van der Waals surface area (Å²) in [4.78, 5) is 14.5. The van der Waals surface area contributed by atoms with Gasteiger partial charge in [-0.05, 0) is 32.0 Å². The van der Waals surface area contributed by atoms with E-state index in [1.54, 1.807) is 12.1 Å². The van der Waals surface area contributed by atoms with E-state index in [0.29, 0.717) is 30.2 Å². The van der Waals surface area contributed by atoms with Crippen LogP contribution in [0.25, 0.3) is 11.4 Å². The van der Waals surface area contributed by atoms with Gasteiger partial charge in [0.05, 0.1) is 10.6 Å². The Hall–Kier alpha value is -3.03. The summed E-state index contributed by atoms with van der Waals surface area (Å²) in [6, 6.07) is 8.06. The van der Waals surface area contributed by atoms with Gasteiger partial charge in [0.1, 0.15) is 0 Å². The molecule has 0 fully saturated rings. The average molecular weight is 313 g/mol. The monoisotopic (exact) mass is 313 g/mol. The van der Waals surface area contributed by atoms with Crippen molar-refractivity contribution >= 4 is 5.69 Å². The minimum absolute atomic E-state index is 0.0296. The Labute approximate surface area is 131 Å². The van der Waals surface area contributed by atoms with Crippen LogP contribution in [0.5, 0.6) is 0 Å². The van der Waals surface area contributed by atoms with Crippen LogP contribution in [0.3, 0.4) is 0 Å². The van der Waals surface area contributed by atoms with Crippen molar-refractivity contribution in [3.63, 3.8) is 0 Å². The molecule has 0 spiro atoms. The van der Waals surface area contributed by atoms with Crippen molar-refractivity contribution in [3.8, 4) is 11.4 Å². The van der Waals surface area contributed by atoms with E-state index in [0.717, 1.165) is 11.4 Å². The van der Waals surface area contributed by atoms with E-state index in [9.17, 15) is 10.1 Å². The molecule has 23 heavy (non-hydrogen) atoms. The number of nitro benzene ring substituents is 1. The van der Waals surface area contributed by atoms with Gasteiger partial charge in [-0.1, -0.05) is 5.16 Å². The molecule has 2 aromatic heterocycles. The lowest BCUT2D eigenvalue weighted by molar-refractivity contribution is -0.384. The first-order chi connectivity index (χ1) is 11.0. The lowest BCUT2D eigenvalue weighted by Gasteiger charge is -2.00. The Morgan fingerprint density at radius 1 is 1.26 bits per heavy atom. The first kappa shape index (κ1) is 14.9. The second-order valence-corrected chi connectivity index (χ2v) is 5.22. The first-order valence-electron chi connectivity index (χ1n) is 7.11. The van der Waals surface area contributed by atoms with Crippen LogP contribution in [0.2, 0.25) is 0 Å². The zero-order chi connectivity index (χ0) is 16.4. The third-order valence-electron chi connectivity index (χ3n) is 3.45. The van der Waals surface area contributed by atoms with Gasteiger partial charge in [-0.25, -0.2) is 0 Å². The van der Waals surface area contributed by atoms with E-state index in [1.165, 1.54) is 12.1 Å². The number of hydrogen-bond acceptors (Lipinski definition) is 6. The maximum Gasteiger partial charge on any atom is 0.269 e. The zero-order valence-electron chi connectivity index (χ0n) is 12.8. The molecule has 0 aliphatic heterocycles. The van der Waals surface area contributed by atoms with Crippen LogP contribution >= 0.6 is 0 Å². The Balaban J connectivity index is 1.70. The van der Waals surface area contributed by atoms with Gasteiger partial charge in [0.25, 0.3) is 5.69 Å². The van der Waals surface area contributed by atoms with E-state index < -0.39 is 4.92 Å². The van der Waals surface area contributed by atoms with Gasteiger partial charge in [-0.3, -0.25) is 14.8 Å². The molecule has 0 aliphatic rings. The normalized spacial score (nSPS) is 10.9. The third kappa shape index (κ3) is 3.25. The van der Waals surface area contributed by atoms with Crippen LogP contribution in [0.1, 0.15) is 17.3 Å². The molecule has 118 valence electrons. The molecule has 1 aromatic carbocycles. The van der Waals surface area contributed by atoms with Crippen LogP contribution in [0, 0.1) is 24.0 Å². The molecule has 0 radical (unpaired) electrons. The van der Waals surface area contributed by atoms with Crippen LogP contribution in [0.15, 0.2) is 34.9 Å². The minimum atomic E-state index is -0.445. The summed E-state index contributed by atoms with van der Waals surface area (Å²) < 4.78 is 7.12. The quantitative estimate of drug-likeness (QED) is 0.530. The molecule has 0 unspecified atom stereocenters. The Morgan fingerprint density at radius 3 is 2.61 bits per heavy atom. The van der Waals surface area contributed by atoms with Crippen molar-refractivity contribution in [1.82, 2.24) is 19.9 Å². The molecule has 3 aromatic rings. The van der Waals surface area contributed by atoms with Gasteiger partial charge < -0.3 is 4.52 Å². The summed E-state index contributed by atoms with van der Waals surface area (Å²) in [5.74, 6) is 0.925. The fraction of sp³-hybridized carbons (Fsp3) is 0.267. The molecule has 0 N–H and O–H groups in total. The van der Waals surface area contributed by atoms with Crippen LogP contribution < -0.4 is 0 Å². The highest BCUT2D eigenvalue weighted by atomic mass is 16.6. The summed E-state index contributed by atoms with van der Waals surface area (Å²) in [6.45, 7) is 4.60. The van der Waals surface area contributed by atoms with E-state index in [2.05, 4.69) is 15.2 Å². The number of hydrogen-bond donors (Lipinski definition) is 0. The van der Waals surface area contributed by atoms with Gasteiger partial charge in [-0.15, -0.1) is 0 Å². The van der Waals surface area contributed by atoms with Crippen molar-refractivity contribution in [3.05, 3.63) is 57.7 Å². The Bertz CT molecular complexity index is 835. The maximum atomic E-state index is 10.6. The molecule has 0 bridgehead atoms. The van der Waals surface area contributed by atoms with Crippen molar-refractivity contribution in [2.75, 3.05) is 0 Å². The Morgan fingerprint density at radius 2 is 2.00 bits per heavy atom. The average Bonchev–Trinajstić information content (AvgIpc) is 3.11. The number of rotatable bonds is 5. The highest BCUT2D eigenvalue weighted by molar-refractivity contribution is 5.56. The molecule has 3 rings (SSSR count). The molecular formula is C15H15N5O3. The fourth-order valence-electron chi connectivity index (χ4n) is 2.31. The summed E-state index contributed by atoms with van der Waals surface area (Å²) in [6.07, 6.45) is 0.571. The highest BCUT2D eigenvalue weighted by Gasteiger charge is 2.11. The lowest BCUT2D eigenvalue weighted by Crippen LogP contribution is -2.05. The maximum absolute atomic E-state index is 10.6. The largest absolute Gasteiger partial charge is 0.339 e. The lowest BCUT2D eigenvalue weighted by atomic mass is 10.2. The van der Waals surface area contributed by atoms with Crippen molar-refractivity contribution in [2.24, 2.45) is 0 Å². The van der Waals surface area contributed by atoms with Crippen molar-refractivity contribution < 1.29 is 9.45 Å². The van der Waals surface area contributed by atoms with Gasteiger partial charge in [0.15, 0.2) is 0 Å². The smallest absolute Gasteiger partial charge is 0.269 e. The van der Waals surface area contributed by atoms with Crippen molar-refractivity contribution in [1.29, 1.82) is 0 Å². The van der Waals surface area contributed by atoms with Gasteiger partial charge in [-0.2, -0.15) is 10.1 Å². The third-order valence-corrected chi connectivity index (χ3v) is 3.45. The molecule has 0 atom stereocenters. The molecule has 8 heteroatoms. The summed E-state index contributed by atoms with van der Waals surface area (Å²) >= 11 is 0. The molecule has 0 amide bonds. The zero-order valence-corrected chi connectivity index (χ0v) is 12.8. The van der Waals surface area contributed by atoms with Crippen LogP contribution in [-0.4, -0.2) is 24.8 Å². The number of nitro groups is 1. The summed E-state index contributed by atoms with van der Waals surface area (Å²) in [5, 5.41) is 18.9. The van der Waals surface area contributed by atoms with Gasteiger partial charge in [0, 0.05) is 36.4 Å². The number of aromatic nitrogens is 4. The number of non-ortho nitro benzene ring substituents is 1. The second kappa shape index (κ2) is 5.99. The molecule has 0 saturated carbocycles. The second-order valence-electron chi connectivity index (χ2n) is 5.22.